The summed E-state index contributed by atoms with van der Waals surface area (Å²) in [4.78, 5) is 32.8. The van der Waals surface area contributed by atoms with Crippen LogP contribution in [0.25, 0.3) is 0 Å². The minimum absolute atomic E-state index is 0. The van der Waals surface area contributed by atoms with E-state index in [-0.39, 0.29) is 37.3 Å². The summed E-state index contributed by atoms with van der Waals surface area (Å²) in [6.07, 6.45) is 4.09. The largest absolute Gasteiger partial charge is 0.327 e. The Kier molecular flexibility index (Phi) is 7.47. The van der Waals surface area contributed by atoms with Crippen molar-refractivity contribution < 1.29 is 9.59 Å². The van der Waals surface area contributed by atoms with Crippen molar-refractivity contribution in [3.8, 4) is 6.07 Å². The van der Waals surface area contributed by atoms with Gasteiger partial charge in [-0.15, -0.1) is 12.4 Å². The quantitative estimate of drug-likeness (QED) is 0.569. The van der Waals surface area contributed by atoms with Crippen LogP contribution >= 0.6 is 24.0 Å². The molecule has 4 rings (SSSR count). The number of carbonyl (C=O) groups excluding carboxylic acids is 2. The van der Waals surface area contributed by atoms with Crippen molar-refractivity contribution in [3.05, 3.63) is 94.3 Å². The summed E-state index contributed by atoms with van der Waals surface area (Å²) in [6, 6.07) is 18.3. The first-order valence-electron chi connectivity index (χ1n) is 9.78. The zero-order valence-corrected chi connectivity index (χ0v) is 18.6. The molecule has 0 atom stereocenters. The third-order valence-electron chi connectivity index (χ3n) is 5.24. The van der Waals surface area contributed by atoms with Crippen molar-refractivity contribution in [3.63, 3.8) is 0 Å². The van der Waals surface area contributed by atoms with Crippen LogP contribution in [-0.4, -0.2) is 34.8 Å². The molecule has 162 valence electrons. The lowest BCUT2D eigenvalue weighted by atomic mass is 10.0. The number of hydrogen-bond donors (Lipinski definition) is 0. The average Bonchev–Trinajstić information content (AvgIpc) is 2.78. The highest BCUT2D eigenvalue weighted by Crippen LogP contribution is 2.23. The highest BCUT2D eigenvalue weighted by Gasteiger charge is 2.31. The van der Waals surface area contributed by atoms with Gasteiger partial charge in [-0.1, -0.05) is 29.8 Å². The molecule has 6 nitrogen and oxygen atoms in total. The first kappa shape index (κ1) is 23.3. The van der Waals surface area contributed by atoms with Gasteiger partial charge in [0.1, 0.15) is 13.1 Å². The fourth-order valence-corrected chi connectivity index (χ4v) is 3.76. The van der Waals surface area contributed by atoms with E-state index in [0.717, 1.165) is 16.7 Å². The number of anilines is 1. The molecule has 0 aliphatic carbocycles. The van der Waals surface area contributed by atoms with Crippen LogP contribution in [0.2, 0.25) is 5.02 Å². The number of aromatic nitrogens is 1. The lowest BCUT2D eigenvalue weighted by Crippen LogP contribution is -2.53. The maximum atomic E-state index is 12.8. The molecule has 1 saturated heterocycles. The summed E-state index contributed by atoms with van der Waals surface area (Å²) in [5.41, 5.74) is 4.19. The minimum Gasteiger partial charge on any atom is -0.327 e. The van der Waals surface area contributed by atoms with E-state index in [4.69, 9.17) is 16.9 Å². The highest BCUT2D eigenvalue weighted by molar-refractivity contribution is 6.31. The molecule has 3 aromatic rings. The van der Waals surface area contributed by atoms with Gasteiger partial charge in [0.2, 0.25) is 11.8 Å². The van der Waals surface area contributed by atoms with E-state index >= 15 is 0 Å². The second-order valence-corrected chi connectivity index (χ2v) is 7.78. The molecule has 0 radical (unpaired) electrons. The van der Waals surface area contributed by atoms with Crippen LogP contribution < -0.4 is 4.90 Å². The second-order valence-electron chi connectivity index (χ2n) is 7.34. The third-order valence-corrected chi connectivity index (χ3v) is 5.47. The van der Waals surface area contributed by atoms with E-state index in [1.54, 1.807) is 53.7 Å². The van der Waals surface area contributed by atoms with Crippen LogP contribution in [-0.2, 0) is 22.6 Å². The smallest absolute Gasteiger partial charge is 0.247 e. The van der Waals surface area contributed by atoms with Gasteiger partial charge in [-0.25, -0.2) is 0 Å². The Bertz CT molecular complexity index is 1180. The predicted octanol–water partition coefficient (Wildman–Crippen LogP) is 3.99. The summed E-state index contributed by atoms with van der Waals surface area (Å²) in [5.74, 6) is -0.273. The summed E-state index contributed by atoms with van der Waals surface area (Å²) in [7, 11) is 0. The number of halogens is 2. The Balaban J connectivity index is 0.00000289. The molecule has 1 aliphatic heterocycles. The summed E-state index contributed by atoms with van der Waals surface area (Å²) in [6.45, 7) is 0.321. The van der Waals surface area contributed by atoms with E-state index in [1.165, 1.54) is 4.90 Å². The van der Waals surface area contributed by atoms with Gasteiger partial charge in [-0.2, -0.15) is 5.26 Å². The fraction of sp³-hybridized carbons (Fsp3) is 0.167. The van der Waals surface area contributed by atoms with Crippen LogP contribution in [0.5, 0.6) is 0 Å². The highest BCUT2D eigenvalue weighted by atomic mass is 35.5. The van der Waals surface area contributed by atoms with E-state index in [2.05, 4.69) is 11.1 Å². The van der Waals surface area contributed by atoms with Crippen molar-refractivity contribution in [2.24, 2.45) is 0 Å². The first-order valence-corrected chi connectivity index (χ1v) is 10.2. The Morgan fingerprint density at radius 1 is 1.00 bits per heavy atom. The molecule has 0 saturated carbocycles. The number of benzene rings is 2. The second kappa shape index (κ2) is 10.3. The van der Waals surface area contributed by atoms with Crippen LogP contribution in [0.3, 0.4) is 0 Å². The molecular formula is C24H20Cl2N4O2. The molecule has 2 amide bonds. The van der Waals surface area contributed by atoms with Crippen LogP contribution in [0.4, 0.5) is 5.69 Å². The number of amides is 2. The lowest BCUT2D eigenvalue weighted by molar-refractivity contribution is -0.138. The van der Waals surface area contributed by atoms with Gasteiger partial charge in [0.25, 0.3) is 0 Å². The Morgan fingerprint density at radius 2 is 1.78 bits per heavy atom. The van der Waals surface area contributed by atoms with Gasteiger partial charge in [0.05, 0.1) is 11.6 Å². The number of piperazine rings is 1. The Morgan fingerprint density at radius 3 is 2.50 bits per heavy atom. The number of nitriles is 1. The van der Waals surface area contributed by atoms with Gasteiger partial charge in [0, 0.05) is 29.6 Å². The SMILES string of the molecule is Cl.N#Cc1ccc(Cc2cnccc2CN2CC(=O)N(c3cccc(Cl)c3)CC2=O)cc1. The van der Waals surface area contributed by atoms with Crippen LogP contribution in [0.15, 0.2) is 67.0 Å². The van der Waals surface area contributed by atoms with Crippen molar-refractivity contribution in [2.75, 3.05) is 18.0 Å². The standard InChI is InChI=1S/C24H19ClN4O2.ClH/c25-21-2-1-3-22(11-21)29-16-23(30)28(15-24(29)31)14-19-8-9-27-13-20(19)10-17-4-6-18(12-26)7-5-17;/h1-9,11,13H,10,14-16H2;1H. The predicted molar refractivity (Wildman–Crippen MR) is 125 cm³/mol. The normalized spacial score (nSPS) is 13.5. The van der Waals surface area contributed by atoms with Gasteiger partial charge in [0.15, 0.2) is 0 Å². The molecule has 2 heterocycles. The van der Waals surface area contributed by atoms with Crippen molar-refractivity contribution in [2.45, 2.75) is 13.0 Å². The summed E-state index contributed by atoms with van der Waals surface area (Å²) < 4.78 is 0. The van der Waals surface area contributed by atoms with Crippen LogP contribution in [0.1, 0.15) is 22.3 Å². The fourth-order valence-electron chi connectivity index (χ4n) is 3.58. The maximum absolute atomic E-state index is 12.8. The van der Waals surface area contributed by atoms with Crippen molar-refractivity contribution >= 4 is 41.5 Å². The number of hydrogen-bond acceptors (Lipinski definition) is 4. The van der Waals surface area contributed by atoms with E-state index < -0.39 is 0 Å². The molecule has 0 bridgehead atoms. The van der Waals surface area contributed by atoms with Crippen molar-refractivity contribution in [1.29, 1.82) is 5.26 Å². The summed E-state index contributed by atoms with van der Waals surface area (Å²) >= 11 is 6.03. The topological polar surface area (TPSA) is 77.3 Å². The van der Waals surface area contributed by atoms with Gasteiger partial charge in [-0.3, -0.25) is 14.6 Å². The monoisotopic (exact) mass is 466 g/mol. The Labute approximate surface area is 197 Å². The molecule has 1 fully saturated rings. The van der Waals surface area contributed by atoms with E-state index in [0.29, 0.717) is 29.2 Å². The third kappa shape index (κ3) is 5.25. The summed E-state index contributed by atoms with van der Waals surface area (Å²) in [5, 5.41) is 9.48. The minimum atomic E-state index is -0.149. The molecule has 32 heavy (non-hydrogen) atoms. The van der Waals surface area contributed by atoms with Crippen LogP contribution in [0, 0.1) is 11.3 Å². The number of nitrogens with zero attached hydrogens (tertiary/aromatic N) is 4. The molecule has 1 aliphatic rings. The molecule has 0 spiro atoms. The lowest BCUT2D eigenvalue weighted by Gasteiger charge is -2.34. The van der Waals surface area contributed by atoms with Gasteiger partial charge >= 0.3 is 0 Å². The zero-order chi connectivity index (χ0) is 21.8. The Hall–Kier alpha value is -3.40. The van der Waals surface area contributed by atoms with E-state index in [1.807, 2.05) is 18.2 Å². The molecule has 8 heteroatoms. The van der Waals surface area contributed by atoms with Crippen molar-refractivity contribution in [1.82, 2.24) is 9.88 Å². The molecule has 0 N–H and O–H groups in total. The van der Waals surface area contributed by atoms with E-state index in [9.17, 15) is 9.59 Å². The molecule has 1 aromatic heterocycles. The number of carbonyl (C=O) groups is 2. The molecule has 0 unspecified atom stereocenters. The number of pyridine rings is 1. The molecular weight excluding hydrogens is 447 g/mol. The zero-order valence-electron chi connectivity index (χ0n) is 17.1. The first-order chi connectivity index (χ1) is 15.0. The maximum Gasteiger partial charge on any atom is 0.247 e. The van der Waals surface area contributed by atoms with Gasteiger partial charge < -0.3 is 9.80 Å². The average molecular weight is 467 g/mol. The number of rotatable bonds is 5. The molecule has 2 aromatic carbocycles. The van der Waals surface area contributed by atoms with Gasteiger partial charge in [-0.05, 0) is 59.5 Å².